The number of aryl methyl sites for hydroxylation is 1. The maximum atomic E-state index is 12.7. The molecule has 1 heterocycles. The van der Waals surface area contributed by atoms with E-state index < -0.39 is 0 Å². The molecule has 2 N–H and O–H groups in total. The number of carbonyl (C=O) groups excluding carboxylic acids is 2. The first-order valence-corrected chi connectivity index (χ1v) is 9.25. The van der Waals surface area contributed by atoms with E-state index in [0.29, 0.717) is 29.4 Å². The Morgan fingerprint density at radius 3 is 2.62 bits per heavy atom. The SMILES string of the molecule is Cc1ccc(NC(=O)c2ccccn2)c(C(=O)NCC2CCCCC2)c1. The van der Waals surface area contributed by atoms with Crippen molar-refractivity contribution in [3.8, 4) is 0 Å². The summed E-state index contributed by atoms with van der Waals surface area (Å²) >= 11 is 0. The Labute approximate surface area is 154 Å². The number of pyridine rings is 1. The third-order valence-corrected chi connectivity index (χ3v) is 4.84. The number of hydrogen-bond acceptors (Lipinski definition) is 3. The maximum Gasteiger partial charge on any atom is 0.274 e. The van der Waals surface area contributed by atoms with Gasteiger partial charge in [0.2, 0.25) is 0 Å². The van der Waals surface area contributed by atoms with Crippen LogP contribution in [0.5, 0.6) is 0 Å². The van der Waals surface area contributed by atoms with Gasteiger partial charge in [-0.3, -0.25) is 14.6 Å². The molecule has 1 saturated carbocycles. The number of aromatic nitrogens is 1. The Morgan fingerprint density at radius 1 is 1.08 bits per heavy atom. The van der Waals surface area contributed by atoms with Gasteiger partial charge >= 0.3 is 0 Å². The van der Waals surface area contributed by atoms with Crippen LogP contribution in [0.1, 0.15) is 58.5 Å². The molecule has 26 heavy (non-hydrogen) atoms. The van der Waals surface area contributed by atoms with Gasteiger partial charge in [-0.25, -0.2) is 0 Å². The Bertz CT molecular complexity index is 768. The van der Waals surface area contributed by atoms with E-state index in [1.807, 2.05) is 19.1 Å². The van der Waals surface area contributed by atoms with Crippen molar-refractivity contribution in [3.05, 3.63) is 59.4 Å². The van der Waals surface area contributed by atoms with Crippen LogP contribution in [0.4, 0.5) is 5.69 Å². The zero-order valence-corrected chi connectivity index (χ0v) is 15.1. The number of nitrogens with zero attached hydrogens (tertiary/aromatic N) is 1. The van der Waals surface area contributed by atoms with Crippen molar-refractivity contribution >= 4 is 17.5 Å². The van der Waals surface area contributed by atoms with Gasteiger partial charge in [0.15, 0.2) is 0 Å². The third kappa shape index (κ3) is 4.69. The minimum Gasteiger partial charge on any atom is -0.352 e. The van der Waals surface area contributed by atoms with Crippen LogP contribution in [0.3, 0.4) is 0 Å². The van der Waals surface area contributed by atoms with Crippen molar-refractivity contribution in [1.29, 1.82) is 0 Å². The smallest absolute Gasteiger partial charge is 0.274 e. The lowest BCUT2D eigenvalue weighted by atomic mass is 9.89. The lowest BCUT2D eigenvalue weighted by molar-refractivity contribution is 0.0944. The van der Waals surface area contributed by atoms with Crippen LogP contribution in [0.2, 0.25) is 0 Å². The largest absolute Gasteiger partial charge is 0.352 e. The summed E-state index contributed by atoms with van der Waals surface area (Å²) in [6.07, 6.45) is 7.72. The fourth-order valence-corrected chi connectivity index (χ4v) is 3.36. The molecular weight excluding hydrogens is 326 g/mol. The average Bonchev–Trinajstić information content (AvgIpc) is 2.69. The fourth-order valence-electron chi connectivity index (χ4n) is 3.36. The zero-order chi connectivity index (χ0) is 18.4. The lowest BCUT2D eigenvalue weighted by Crippen LogP contribution is -2.31. The summed E-state index contributed by atoms with van der Waals surface area (Å²) in [5.41, 5.74) is 2.29. The molecule has 5 heteroatoms. The zero-order valence-electron chi connectivity index (χ0n) is 15.1. The molecular formula is C21H25N3O2. The van der Waals surface area contributed by atoms with E-state index in [-0.39, 0.29) is 11.8 Å². The second-order valence-electron chi connectivity index (χ2n) is 6.93. The van der Waals surface area contributed by atoms with Crippen molar-refractivity contribution in [1.82, 2.24) is 10.3 Å². The van der Waals surface area contributed by atoms with Crippen molar-refractivity contribution in [2.45, 2.75) is 39.0 Å². The van der Waals surface area contributed by atoms with Crippen molar-refractivity contribution < 1.29 is 9.59 Å². The number of rotatable bonds is 5. The van der Waals surface area contributed by atoms with Gasteiger partial charge in [-0.1, -0.05) is 37.0 Å². The molecule has 5 nitrogen and oxygen atoms in total. The highest BCUT2D eigenvalue weighted by atomic mass is 16.2. The Morgan fingerprint density at radius 2 is 1.88 bits per heavy atom. The van der Waals surface area contributed by atoms with Gasteiger partial charge < -0.3 is 10.6 Å². The van der Waals surface area contributed by atoms with E-state index in [1.54, 1.807) is 30.5 Å². The monoisotopic (exact) mass is 351 g/mol. The van der Waals surface area contributed by atoms with Crippen molar-refractivity contribution in [2.75, 3.05) is 11.9 Å². The first-order valence-electron chi connectivity index (χ1n) is 9.25. The summed E-state index contributed by atoms with van der Waals surface area (Å²) in [5.74, 6) is 0.0930. The molecule has 1 aromatic carbocycles. The molecule has 3 rings (SSSR count). The van der Waals surface area contributed by atoms with Crippen LogP contribution in [-0.2, 0) is 0 Å². The van der Waals surface area contributed by atoms with Gasteiger partial charge in [0.25, 0.3) is 11.8 Å². The van der Waals surface area contributed by atoms with Crippen LogP contribution in [0.15, 0.2) is 42.6 Å². The maximum absolute atomic E-state index is 12.7. The summed E-state index contributed by atoms with van der Waals surface area (Å²) in [6, 6.07) is 10.6. The Kier molecular flexibility index (Phi) is 6.00. The molecule has 1 fully saturated rings. The summed E-state index contributed by atoms with van der Waals surface area (Å²) < 4.78 is 0. The molecule has 2 amide bonds. The second kappa shape index (κ2) is 8.61. The normalized spacial score (nSPS) is 14.7. The van der Waals surface area contributed by atoms with Crippen LogP contribution < -0.4 is 10.6 Å². The first kappa shape index (κ1) is 18.1. The Hall–Kier alpha value is -2.69. The standard InChI is InChI=1S/C21H25N3O2/c1-15-10-11-18(24-21(26)19-9-5-6-12-22-19)17(13-15)20(25)23-14-16-7-3-2-4-8-16/h5-6,9-13,16H,2-4,7-8,14H2,1H3,(H,23,25)(H,24,26). The summed E-state index contributed by atoms with van der Waals surface area (Å²) in [5, 5.41) is 5.85. The molecule has 0 radical (unpaired) electrons. The van der Waals surface area contributed by atoms with Crippen LogP contribution in [-0.4, -0.2) is 23.3 Å². The van der Waals surface area contributed by atoms with Gasteiger partial charge in [0.1, 0.15) is 5.69 Å². The number of carbonyl (C=O) groups is 2. The van der Waals surface area contributed by atoms with E-state index in [9.17, 15) is 9.59 Å². The molecule has 0 aliphatic heterocycles. The summed E-state index contributed by atoms with van der Waals surface area (Å²) in [4.78, 5) is 29.1. The topological polar surface area (TPSA) is 71.1 Å². The molecule has 1 aliphatic carbocycles. The van der Waals surface area contributed by atoms with Crippen LogP contribution >= 0.6 is 0 Å². The van der Waals surface area contributed by atoms with Crippen molar-refractivity contribution in [2.24, 2.45) is 5.92 Å². The first-order chi connectivity index (χ1) is 12.6. The number of anilines is 1. The lowest BCUT2D eigenvalue weighted by Gasteiger charge is -2.22. The molecule has 0 spiro atoms. The van der Waals surface area contributed by atoms with Crippen LogP contribution in [0.25, 0.3) is 0 Å². The fraction of sp³-hybridized carbons (Fsp3) is 0.381. The predicted molar refractivity (Wildman–Crippen MR) is 102 cm³/mol. The van der Waals surface area contributed by atoms with E-state index in [0.717, 1.165) is 5.56 Å². The summed E-state index contributed by atoms with van der Waals surface area (Å²) in [6.45, 7) is 2.63. The van der Waals surface area contributed by atoms with Gasteiger partial charge in [0.05, 0.1) is 11.3 Å². The number of amides is 2. The molecule has 1 aromatic heterocycles. The molecule has 0 bridgehead atoms. The number of nitrogens with one attached hydrogen (secondary N) is 2. The third-order valence-electron chi connectivity index (χ3n) is 4.84. The highest BCUT2D eigenvalue weighted by molar-refractivity contribution is 6.08. The van der Waals surface area contributed by atoms with E-state index in [4.69, 9.17) is 0 Å². The highest BCUT2D eigenvalue weighted by Gasteiger charge is 2.18. The highest BCUT2D eigenvalue weighted by Crippen LogP contribution is 2.23. The van der Waals surface area contributed by atoms with Gasteiger partial charge in [0, 0.05) is 12.7 Å². The molecule has 1 aliphatic rings. The minimum atomic E-state index is -0.323. The quantitative estimate of drug-likeness (QED) is 0.857. The van der Waals surface area contributed by atoms with Crippen molar-refractivity contribution in [3.63, 3.8) is 0 Å². The average molecular weight is 351 g/mol. The summed E-state index contributed by atoms with van der Waals surface area (Å²) in [7, 11) is 0. The minimum absolute atomic E-state index is 0.143. The van der Waals surface area contributed by atoms with Gasteiger partial charge in [-0.15, -0.1) is 0 Å². The van der Waals surface area contributed by atoms with Gasteiger partial charge in [-0.2, -0.15) is 0 Å². The van der Waals surface area contributed by atoms with Crippen LogP contribution in [0, 0.1) is 12.8 Å². The number of hydrogen-bond donors (Lipinski definition) is 2. The molecule has 2 aromatic rings. The molecule has 136 valence electrons. The number of benzene rings is 1. The molecule has 0 saturated heterocycles. The van der Waals surface area contributed by atoms with E-state index in [2.05, 4.69) is 15.6 Å². The molecule has 0 unspecified atom stereocenters. The molecule has 0 atom stereocenters. The Balaban J connectivity index is 1.70. The predicted octanol–water partition coefficient (Wildman–Crippen LogP) is 3.95. The van der Waals surface area contributed by atoms with E-state index >= 15 is 0 Å². The van der Waals surface area contributed by atoms with Gasteiger partial charge in [-0.05, 0) is 49.9 Å². The van der Waals surface area contributed by atoms with E-state index in [1.165, 1.54) is 32.1 Å². The second-order valence-corrected chi connectivity index (χ2v) is 6.93.